The number of anilines is 1. The van der Waals surface area contributed by atoms with E-state index in [0.29, 0.717) is 23.5 Å². The van der Waals surface area contributed by atoms with Crippen LogP contribution >= 0.6 is 0 Å². The number of ether oxygens (including phenoxy) is 1. The van der Waals surface area contributed by atoms with Crippen LogP contribution in [-0.4, -0.2) is 36.1 Å². The van der Waals surface area contributed by atoms with Crippen molar-refractivity contribution in [3.63, 3.8) is 0 Å². The molecule has 1 aromatic heterocycles. The third kappa shape index (κ3) is 3.98. The molecule has 2 heterocycles. The average Bonchev–Trinajstić information content (AvgIpc) is 3.01. The molecule has 0 unspecified atom stereocenters. The van der Waals surface area contributed by atoms with Crippen molar-refractivity contribution in [2.75, 3.05) is 5.32 Å². The molecule has 0 saturated heterocycles. The van der Waals surface area contributed by atoms with Crippen LogP contribution in [0.3, 0.4) is 0 Å². The molecule has 9 nitrogen and oxygen atoms in total. The normalized spacial score (nSPS) is 16.2. The molecule has 0 spiro atoms. The van der Waals surface area contributed by atoms with E-state index in [1.165, 1.54) is 18.3 Å². The van der Waals surface area contributed by atoms with Crippen molar-refractivity contribution in [3.8, 4) is 5.75 Å². The van der Waals surface area contributed by atoms with Gasteiger partial charge in [-0.2, -0.15) is 5.10 Å². The summed E-state index contributed by atoms with van der Waals surface area (Å²) >= 11 is 0. The summed E-state index contributed by atoms with van der Waals surface area (Å²) in [4.78, 5) is 24.6. The van der Waals surface area contributed by atoms with Gasteiger partial charge < -0.3 is 10.1 Å². The molecule has 29 heavy (non-hydrogen) atoms. The number of sulfonamides is 1. The molecular weight excluding hydrogens is 396 g/mol. The summed E-state index contributed by atoms with van der Waals surface area (Å²) < 4.78 is 35.1. The standard InChI is InChI=1S/C19H24N4O5S/c1-6-23-9-13(12(5)21-23)18(24)22-29(26,27)16-8-15-14(7-11(16)4)20-19(25)17(28-15)10(2)3/h7-10,17H,6H2,1-5H3,(H,20,25)(H,22,24)/t17-/m0/s1. The maximum absolute atomic E-state index is 12.9. The van der Waals surface area contributed by atoms with Crippen LogP contribution in [0.25, 0.3) is 0 Å². The first-order chi connectivity index (χ1) is 13.5. The Hall–Kier alpha value is -2.88. The molecule has 0 saturated carbocycles. The van der Waals surface area contributed by atoms with Gasteiger partial charge in [-0.3, -0.25) is 14.3 Å². The van der Waals surface area contributed by atoms with Crippen LogP contribution in [0.1, 0.15) is 42.4 Å². The topological polar surface area (TPSA) is 119 Å². The van der Waals surface area contributed by atoms with Crippen molar-refractivity contribution in [2.24, 2.45) is 5.92 Å². The van der Waals surface area contributed by atoms with Gasteiger partial charge in [0.1, 0.15) is 5.75 Å². The van der Waals surface area contributed by atoms with E-state index < -0.39 is 22.0 Å². The summed E-state index contributed by atoms with van der Waals surface area (Å²) in [6.07, 6.45) is 0.782. The lowest BCUT2D eigenvalue weighted by atomic mass is 10.0. The van der Waals surface area contributed by atoms with E-state index in [1.54, 1.807) is 18.5 Å². The van der Waals surface area contributed by atoms with Crippen LogP contribution in [0.2, 0.25) is 0 Å². The largest absolute Gasteiger partial charge is 0.478 e. The van der Waals surface area contributed by atoms with E-state index in [0.717, 1.165) is 0 Å². The van der Waals surface area contributed by atoms with Gasteiger partial charge in [0.25, 0.3) is 21.8 Å². The molecule has 1 aliphatic heterocycles. The van der Waals surface area contributed by atoms with Crippen molar-refractivity contribution >= 4 is 27.5 Å². The first-order valence-corrected chi connectivity index (χ1v) is 10.7. The Morgan fingerprint density at radius 3 is 2.62 bits per heavy atom. The van der Waals surface area contributed by atoms with Gasteiger partial charge in [-0.25, -0.2) is 13.1 Å². The molecule has 0 fully saturated rings. The number of rotatable bonds is 5. The van der Waals surface area contributed by atoms with E-state index in [-0.39, 0.29) is 28.0 Å². The molecule has 10 heteroatoms. The molecule has 0 radical (unpaired) electrons. The lowest BCUT2D eigenvalue weighted by Crippen LogP contribution is -2.40. The minimum atomic E-state index is -4.17. The monoisotopic (exact) mass is 420 g/mol. The van der Waals surface area contributed by atoms with Gasteiger partial charge >= 0.3 is 0 Å². The summed E-state index contributed by atoms with van der Waals surface area (Å²) in [5.74, 6) is -0.883. The van der Waals surface area contributed by atoms with Crippen LogP contribution < -0.4 is 14.8 Å². The predicted octanol–water partition coefficient (Wildman–Crippen LogP) is 1.99. The molecule has 1 atom stereocenters. The highest BCUT2D eigenvalue weighted by atomic mass is 32.2. The van der Waals surface area contributed by atoms with Gasteiger partial charge in [0.15, 0.2) is 6.10 Å². The number of nitrogens with zero attached hydrogens (tertiary/aromatic N) is 2. The lowest BCUT2D eigenvalue weighted by molar-refractivity contribution is -0.125. The molecular formula is C19H24N4O5S. The number of hydrogen-bond donors (Lipinski definition) is 2. The van der Waals surface area contributed by atoms with Crippen LogP contribution in [0.4, 0.5) is 5.69 Å². The molecule has 2 N–H and O–H groups in total. The van der Waals surface area contributed by atoms with Crippen molar-refractivity contribution in [2.45, 2.75) is 52.2 Å². The van der Waals surface area contributed by atoms with Crippen molar-refractivity contribution in [1.29, 1.82) is 0 Å². The molecule has 3 rings (SSSR count). The third-order valence-electron chi connectivity index (χ3n) is 4.68. The van der Waals surface area contributed by atoms with Gasteiger partial charge in [-0.1, -0.05) is 13.8 Å². The number of hydrogen-bond acceptors (Lipinski definition) is 6. The smallest absolute Gasteiger partial charge is 0.268 e. The Bertz CT molecular complexity index is 1090. The fourth-order valence-electron chi connectivity index (χ4n) is 3.12. The molecule has 1 aliphatic rings. The van der Waals surface area contributed by atoms with E-state index >= 15 is 0 Å². The highest BCUT2D eigenvalue weighted by Crippen LogP contribution is 2.35. The first kappa shape index (κ1) is 20.8. The number of amides is 2. The van der Waals surface area contributed by atoms with Gasteiger partial charge in [0, 0.05) is 18.8 Å². The zero-order valence-corrected chi connectivity index (χ0v) is 17.8. The summed E-state index contributed by atoms with van der Waals surface area (Å²) in [5, 5.41) is 6.90. The summed E-state index contributed by atoms with van der Waals surface area (Å²) in [5.41, 5.74) is 1.40. The highest BCUT2D eigenvalue weighted by molar-refractivity contribution is 7.90. The number of nitrogens with one attached hydrogen (secondary N) is 2. The number of fused-ring (bicyclic) bond motifs is 1. The van der Waals surface area contributed by atoms with Gasteiger partial charge in [-0.05, 0) is 38.3 Å². The lowest BCUT2D eigenvalue weighted by Gasteiger charge is -2.29. The van der Waals surface area contributed by atoms with Crippen molar-refractivity contribution in [1.82, 2.24) is 14.5 Å². The Balaban J connectivity index is 1.93. The fourth-order valence-corrected chi connectivity index (χ4v) is 4.33. The summed E-state index contributed by atoms with van der Waals surface area (Å²) in [6, 6.07) is 2.85. The van der Waals surface area contributed by atoms with Crippen LogP contribution in [0, 0.1) is 19.8 Å². The molecule has 2 aromatic rings. The number of carbonyl (C=O) groups is 2. The Morgan fingerprint density at radius 1 is 1.34 bits per heavy atom. The summed E-state index contributed by atoms with van der Waals surface area (Å²) in [6.45, 7) is 9.32. The number of carbonyl (C=O) groups excluding carboxylic acids is 2. The minimum absolute atomic E-state index is 0.0937. The van der Waals surface area contributed by atoms with E-state index in [4.69, 9.17) is 4.74 Å². The Labute approximate surface area is 169 Å². The average molecular weight is 420 g/mol. The molecule has 156 valence electrons. The van der Waals surface area contributed by atoms with Crippen LogP contribution in [0.5, 0.6) is 5.75 Å². The van der Waals surface area contributed by atoms with Gasteiger partial charge in [0.05, 0.1) is 21.8 Å². The maximum Gasteiger partial charge on any atom is 0.268 e. The Morgan fingerprint density at radius 2 is 2.03 bits per heavy atom. The van der Waals surface area contributed by atoms with Crippen LogP contribution in [-0.2, 0) is 21.4 Å². The van der Waals surface area contributed by atoms with Crippen molar-refractivity contribution in [3.05, 3.63) is 35.2 Å². The Kier molecular flexibility index (Phi) is 5.40. The SMILES string of the molecule is CCn1cc(C(=O)NS(=O)(=O)c2cc3c(cc2C)NC(=O)[C@H](C(C)C)O3)c(C)n1. The zero-order valence-electron chi connectivity index (χ0n) is 16.9. The molecule has 0 bridgehead atoms. The third-order valence-corrected chi connectivity index (χ3v) is 6.16. The number of aromatic nitrogens is 2. The second kappa shape index (κ2) is 7.51. The zero-order chi connectivity index (χ0) is 21.5. The number of aryl methyl sites for hydroxylation is 3. The van der Waals surface area contributed by atoms with E-state index in [1.807, 2.05) is 20.8 Å². The second-order valence-corrected chi connectivity index (χ2v) is 8.95. The minimum Gasteiger partial charge on any atom is -0.478 e. The maximum atomic E-state index is 12.9. The number of benzene rings is 1. The van der Waals surface area contributed by atoms with Crippen LogP contribution in [0.15, 0.2) is 23.2 Å². The van der Waals surface area contributed by atoms with E-state index in [2.05, 4.69) is 15.1 Å². The molecule has 1 aromatic carbocycles. The highest BCUT2D eigenvalue weighted by Gasteiger charge is 2.32. The van der Waals surface area contributed by atoms with Gasteiger partial charge in [-0.15, -0.1) is 0 Å². The van der Waals surface area contributed by atoms with Gasteiger partial charge in [0.2, 0.25) is 0 Å². The second-order valence-electron chi connectivity index (χ2n) is 7.30. The predicted molar refractivity (Wildman–Crippen MR) is 106 cm³/mol. The molecule has 0 aliphatic carbocycles. The fraction of sp³-hybridized carbons (Fsp3) is 0.421. The first-order valence-electron chi connectivity index (χ1n) is 9.26. The molecule has 2 amide bonds. The summed E-state index contributed by atoms with van der Waals surface area (Å²) in [7, 11) is -4.17. The van der Waals surface area contributed by atoms with Crippen molar-refractivity contribution < 1.29 is 22.7 Å². The van der Waals surface area contributed by atoms with E-state index in [9.17, 15) is 18.0 Å². The quantitative estimate of drug-likeness (QED) is 0.763.